The third-order valence-corrected chi connectivity index (χ3v) is 4.28. The average Bonchev–Trinajstić information content (AvgIpc) is 3.04. The topological polar surface area (TPSA) is 41.6 Å². The first-order chi connectivity index (χ1) is 12.8. The fourth-order valence-corrected chi connectivity index (χ4v) is 2.83. The van der Waals surface area contributed by atoms with Crippen LogP contribution in [0.15, 0.2) is 54.7 Å². The van der Waals surface area contributed by atoms with Gasteiger partial charge in [0.1, 0.15) is 11.6 Å². The van der Waals surface area contributed by atoms with Gasteiger partial charge < -0.3 is 4.98 Å². The summed E-state index contributed by atoms with van der Waals surface area (Å²) in [4.78, 5) is 11.5. The van der Waals surface area contributed by atoms with Crippen molar-refractivity contribution in [1.82, 2.24) is 15.0 Å². The number of benzene rings is 2. The molecule has 0 spiro atoms. The van der Waals surface area contributed by atoms with Gasteiger partial charge in [-0.2, -0.15) is 13.2 Å². The molecule has 0 saturated heterocycles. The minimum Gasteiger partial charge on any atom is -0.338 e. The molecule has 0 aliphatic carbocycles. The number of nitrogens with zero attached hydrogens (tertiary/aromatic N) is 2. The number of nitrogens with one attached hydrogen (secondary N) is 1. The smallest absolute Gasteiger partial charge is 0.338 e. The fraction of sp³-hybridized carbons (Fsp3) is 0.100. The number of rotatable bonds is 2. The number of halogens is 4. The van der Waals surface area contributed by atoms with Gasteiger partial charge in [-0.25, -0.2) is 9.37 Å². The van der Waals surface area contributed by atoms with Crippen LogP contribution in [0.2, 0.25) is 0 Å². The molecular formula is C20H13F4N3. The molecule has 136 valence electrons. The van der Waals surface area contributed by atoms with E-state index < -0.39 is 17.6 Å². The Labute approximate surface area is 151 Å². The Balaban J connectivity index is 1.75. The quantitative estimate of drug-likeness (QED) is 0.455. The summed E-state index contributed by atoms with van der Waals surface area (Å²) < 4.78 is 52.6. The lowest BCUT2D eigenvalue weighted by Gasteiger charge is -2.06. The predicted molar refractivity (Wildman–Crippen MR) is 94.5 cm³/mol. The number of fused-ring (bicyclic) bond motifs is 1. The van der Waals surface area contributed by atoms with Crippen LogP contribution < -0.4 is 0 Å². The first-order valence-corrected chi connectivity index (χ1v) is 8.11. The summed E-state index contributed by atoms with van der Waals surface area (Å²) in [5, 5.41) is 0. The van der Waals surface area contributed by atoms with Gasteiger partial charge in [-0.3, -0.25) is 4.98 Å². The van der Waals surface area contributed by atoms with Gasteiger partial charge in [-0.05, 0) is 31.2 Å². The molecular weight excluding hydrogens is 358 g/mol. The third kappa shape index (κ3) is 3.28. The van der Waals surface area contributed by atoms with Gasteiger partial charge in [0.25, 0.3) is 0 Å². The zero-order valence-electron chi connectivity index (χ0n) is 14.1. The second kappa shape index (κ2) is 6.19. The number of hydrogen-bond donors (Lipinski definition) is 1. The van der Waals surface area contributed by atoms with Crippen molar-refractivity contribution in [2.45, 2.75) is 13.1 Å². The van der Waals surface area contributed by atoms with Crippen LogP contribution in [-0.2, 0) is 6.18 Å². The van der Waals surface area contributed by atoms with Gasteiger partial charge in [0.2, 0.25) is 0 Å². The van der Waals surface area contributed by atoms with Crippen molar-refractivity contribution in [2.24, 2.45) is 0 Å². The Morgan fingerprint density at radius 1 is 0.926 bits per heavy atom. The molecule has 27 heavy (non-hydrogen) atoms. The number of imidazole rings is 1. The Morgan fingerprint density at radius 2 is 1.63 bits per heavy atom. The molecule has 0 bridgehead atoms. The first kappa shape index (κ1) is 17.2. The highest BCUT2D eigenvalue weighted by Gasteiger charge is 2.30. The van der Waals surface area contributed by atoms with Crippen LogP contribution in [0.4, 0.5) is 17.6 Å². The normalized spacial score (nSPS) is 11.9. The van der Waals surface area contributed by atoms with Gasteiger partial charge in [0, 0.05) is 34.6 Å². The molecule has 0 amide bonds. The van der Waals surface area contributed by atoms with E-state index >= 15 is 0 Å². The van der Waals surface area contributed by atoms with E-state index in [9.17, 15) is 17.6 Å². The van der Waals surface area contributed by atoms with E-state index in [4.69, 9.17) is 0 Å². The zero-order chi connectivity index (χ0) is 19.2. The van der Waals surface area contributed by atoms with Crippen LogP contribution in [0.25, 0.3) is 33.5 Å². The van der Waals surface area contributed by atoms with E-state index in [0.717, 1.165) is 17.8 Å². The van der Waals surface area contributed by atoms with Crippen LogP contribution in [0.3, 0.4) is 0 Å². The average molecular weight is 371 g/mol. The van der Waals surface area contributed by atoms with Gasteiger partial charge in [0.15, 0.2) is 0 Å². The number of H-pyrrole nitrogens is 1. The Hall–Kier alpha value is -3.22. The van der Waals surface area contributed by atoms with Gasteiger partial charge in [-0.1, -0.05) is 18.2 Å². The van der Waals surface area contributed by atoms with Crippen molar-refractivity contribution in [2.75, 3.05) is 0 Å². The summed E-state index contributed by atoms with van der Waals surface area (Å²) in [6.07, 6.45) is -2.81. The SMILES string of the molecule is Cc1ccc(-c2cc3[nH]c(-c4ccc(C(F)(F)F)cc4)nc3cc2F)cn1. The number of aromatic amines is 1. The van der Waals surface area contributed by atoms with Crippen LogP contribution in [0, 0.1) is 12.7 Å². The third-order valence-electron chi connectivity index (χ3n) is 4.28. The minimum absolute atomic E-state index is 0.373. The highest BCUT2D eigenvalue weighted by atomic mass is 19.4. The highest BCUT2D eigenvalue weighted by Crippen LogP contribution is 2.32. The summed E-state index contributed by atoms with van der Waals surface area (Å²) in [7, 11) is 0. The molecule has 2 heterocycles. The largest absolute Gasteiger partial charge is 0.416 e. The zero-order valence-corrected chi connectivity index (χ0v) is 14.1. The molecule has 2 aromatic heterocycles. The molecule has 4 aromatic rings. The highest BCUT2D eigenvalue weighted by molar-refractivity contribution is 5.84. The molecule has 7 heteroatoms. The van der Waals surface area contributed by atoms with Gasteiger partial charge >= 0.3 is 6.18 Å². The van der Waals surface area contributed by atoms with Crippen molar-refractivity contribution in [3.63, 3.8) is 0 Å². The van der Waals surface area contributed by atoms with Crippen LogP contribution in [0.5, 0.6) is 0 Å². The van der Waals surface area contributed by atoms with Crippen LogP contribution in [0.1, 0.15) is 11.3 Å². The van der Waals surface area contributed by atoms with E-state index in [1.807, 2.05) is 6.92 Å². The summed E-state index contributed by atoms with van der Waals surface area (Å²) in [5.74, 6) is -0.0732. The number of hydrogen-bond acceptors (Lipinski definition) is 2. The van der Waals surface area contributed by atoms with Crippen LogP contribution >= 0.6 is 0 Å². The number of aryl methyl sites for hydroxylation is 1. The molecule has 0 radical (unpaired) electrons. The van der Waals surface area contributed by atoms with Crippen LogP contribution in [-0.4, -0.2) is 15.0 Å². The summed E-state index contributed by atoms with van der Waals surface area (Å²) in [6, 6.07) is 11.1. The summed E-state index contributed by atoms with van der Waals surface area (Å²) >= 11 is 0. The second-order valence-corrected chi connectivity index (χ2v) is 6.20. The fourth-order valence-electron chi connectivity index (χ4n) is 2.83. The summed E-state index contributed by atoms with van der Waals surface area (Å²) in [6.45, 7) is 1.84. The minimum atomic E-state index is -4.40. The molecule has 0 aliphatic heterocycles. The van der Waals surface area contributed by atoms with E-state index in [1.165, 1.54) is 18.2 Å². The lowest BCUT2D eigenvalue weighted by atomic mass is 10.1. The number of pyridine rings is 1. The molecule has 0 fully saturated rings. The monoisotopic (exact) mass is 371 g/mol. The van der Waals surface area contributed by atoms with Crippen molar-refractivity contribution in [3.05, 3.63) is 71.8 Å². The van der Waals surface area contributed by atoms with Gasteiger partial charge in [-0.15, -0.1) is 0 Å². The molecule has 0 atom stereocenters. The lowest BCUT2D eigenvalue weighted by molar-refractivity contribution is -0.137. The lowest BCUT2D eigenvalue weighted by Crippen LogP contribution is -2.04. The van der Waals surface area contributed by atoms with E-state index in [2.05, 4.69) is 15.0 Å². The molecule has 4 rings (SSSR count). The maximum Gasteiger partial charge on any atom is 0.416 e. The molecule has 1 N–H and O–H groups in total. The molecule has 2 aromatic carbocycles. The molecule has 0 unspecified atom stereocenters. The maximum atomic E-state index is 14.5. The molecule has 0 aliphatic rings. The standard InChI is InChI=1S/C20H13F4N3/c1-11-2-3-13(10-25-11)15-8-17-18(9-16(15)21)27-19(26-17)12-4-6-14(7-5-12)20(22,23)24/h2-10H,1H3,(H,26,27). The van der Waals surface area contributed by atoms with Crippen molar-refractivity contribution >= 4 is 11.0 Å². The van der Waals surface area contributed by atoms with E-state index in [0.29, 0.717) is 33.5 Å². The van der Waals surface area contributed by atoms with Crippen molar-refractivity contribution in [1.29, 1.82) is 0 Å². The summed E-state index contributed by atoms with van der Waals surface area (Å²) in [5.41, 5.74) is 2.56. The van der Waals surface area contributed by atoms with Crippen molar-refractivity contribution in [3.8, 4) is 22.5 Å². The number of aromatic nitrogens is 3. The van der Waals surface area contributed by atoms with E-state index in [1.54, 1.807) is 24.4 Å². The maximum absolute atomic E-state index is 14.5. The molecule has 3 nitrogen and oxygen atoms in total. The Bertz CT molecular complexity index is 1110. The Kier molecular flexibility index (Phi) is 3.95. The predicted octanol–water partition coefficient (Wildman–Crippen LogP) is 5.76. The van der Waals surface area contributed by atoms with Crippen molar-refractivity contribution < 1.29 is 17.6 Å². The van der Waals surface area contributed by atoms with E-state index in [-0.39, 0.29) is 0 Å². The Morgan fingerprint density at radius 3 is 2.26 bits per heavy atom. The second-order valence-electron chi connectivity index (χ2n) is 6.20. The van der Waals surface area contributed by atoms with Gasteiger partial charge in [0.05, 0.1) is 16.6 Å². The first-order valence-electron chi connectivity index (χ1n) is 8.11. The number of alkyl halides is 3. The molecule has 0 saturated carbocycles.